The van der Waals surface area contributed by atoms with Crippen LogP contribution in [0.5, 0.6) is 0 Å². The second-order valence-electron chi connectivity index (χ2n) is 6.26. The Kier molecular flexibility index (Phi) is 4.80. The number of aromatic nitrogens is 2. The Balaban J connectivity index is 1.56. The number of benzene rings is 2. The van der Waals surface area contributed by atoms with Crippen LogP contribution in [0.4, 0.5) is 5.69 Å². The normalized spacial score (nSPS) is 10.4. The molecule has 0 spiro atoms. The molecule has 0 aliphatic heterocycles. The van der Waals surface area contributed by atoms with Gasteiger partial charge in [-0.05, 0) is 47.0 Å². The van der Waals surface area contributed by atoms with Crippen LogP contribution >= 0.6 is 0 Å². The molecule has 136 valence electrons. The molecular weight excluding hydrogens is 350 g/mol. The first kappa shape index (κ1) is 17.4. The maximum atomic E-state index is 12.6. The number of nitrogens with zero attached hydrogens (tertiary/aromatic N) is 1. The first-order valence-corrected chi connectivity index (χ1v) is 8.81. The van der Waals surface area contributed by atoms with E-state index in [0.717, 1.165) is 22.3 Å². The van der Waals surface area contributed by atoms with E-state index in [4.69, 9.17) is 0 Å². The molecule has 2 N–H and O–H groups in total. The molecule has 1 amide bonds. The van der Waals surface area contributed by atoms with Crippen LogP contribution in [0, 0.1) is 0 Å². The van der Waals surface area contributed by atoms with Crippen molar-refractivity contribution >= 4 is 11.6 Å². The average molecular weight is 367 g/mol. The molecule has 4 rings (SSSR count). The minimum absolute atomic E-state index is 0.200. The number of carbonyl (C=O) groups is 1. The van der Waals surface area contributed by atoms with E-state index in [1.807, 2.05) is 54.6 Å². The molecule has 0 unspecified atom stereocenters. The zero-order valence-corrected chi connectivity index (χ0v) is 14.9. The number of carbonyl (C=O) groups excluding carboxylic acids is 1. The minimum atomic E-state index is -0.355. The van der Waals surface area contributed by atoms with E-state index in [-0.39, 0.29) is 17.2 Å². The summed E-state index contributed by atoms with van der Waals surface area (Å²) < 4.78 is 0. The van der Waals surface area contributed by atoms with Gasteiger partial charge in [0.05, 0.1) is 0 Å². The molecule has 0 atom stereocenters. The van der Waals surface area contributed by atoms with Gasteiger partial charge >= 0.3 is 0 Å². The van der Waals surface area contributed by atoms with Gasteiger partial charge in [-0.2, -0.15) is 0 Å². The van der Waals surface area contributed by atoms with Crippen molar-refractivity contribution in [3.8, 4) is 22.3 Å². The molecule has 2 heterocycles. The average Bonchev–Trinajstić information content (AvgIpc) is 2.76. The number of H-pyrrole nitrogens is 1. The molecule has 0 aliphatic carbocycles. The van der Waals surface area contributed by atoms with E-state index in [1.165, 1.54) is 0 Å². The predicted molar refractivity (Wildman–Crippen MR) is 110 cm³/mol. The van der Waals surface area contributed by atoms with Gasteiger partial charge in [0.2, 0.25) is 0 Å². The van der Waals surface area contributed by atoms with Gasteiger partial charge < -0.3 is 10.3 Å². The van der Waals surface area contributed by atoms with Crippen molar-refractivity contribution in [1.82, 2.24) is 9.97 Å². The van der Waals surface area contributed by atoms with Crippen molar-refractivity contribution in [3.63, 3.8) is 0 Å². The van der Waals surface area contributed by atoms with Crippen LogP contribution in [0.2, 0.25) is 0 Å². The van der Waals surface area contributed by atoms with Gasteiger partial charge in [-0.25, -0.2) is 0 Å². The summed E-state index contributed by atoms with van der Waals surface area (Å²) in [5.74, 6) is -0.336. The first-order valence-electron chi connectivity index (χ1n) is 8.81. The summed E-state index contributed by atoms with van der Waals surface area (Å²) in [6.45, 7) is 0. The smallest absolute Gasteiger partial charge is 0.271 e. The van der Waals surface area contributed by atoms with Gasteiger partial charge in [-0.15, -0.1) is 0 Å². The molecule has 0 saturated heterocycles. The highest BCUT2D eigenvalue weighted by atomic mass is 16.2. The quantitative estimate of drug-likeness (QED) is 0.563. The molecule has 0 saturated carbocycles. The Hall–Kier alpha value is -3.99. The van der Waals surface area contributed by atoms with Crippen LogP contribution in [0.1, 0.15) is 10.4 Å². The number of pyridine rings is 2. The highest BCUT2D eigenvalue weighted by Gasteiger charge is 2.10. The van der Waals surface area contributed by atoms with Gasteiger partial charge in [-0.1, -0.05) is 42.5 Å². The molecule has 5 heteroatoms. The Morgan fingerprint density at radius 3 is 2.14 bits per heavy atom. The second kappa shape index (κ2) is 7.72. The van der Waals surface area contributed by atoms with E-state index >= 15 is 0 Å². The van der Waals surface area contributed by atoms with Crippen molar-refractivity contribution in [2.45, 2.75) is 0 Å². The van der Waals surface area contributed by atoms with Crippen LogP contribution in [-0.2, 0) is 0 Å². The summed E-state index contributed by atoms with van der Waals surface area (Å²) in [5, 5.41) is 2.70. The fourth-order valence-electron chi connectivity index (χ4n) is 2.93. The van der Waals surface area contributed by atoms with E-state index in [9.17, 15) is 9.59 Å². The lowest BCUT2D eigenvalue weighted by molar-refractivity contribution is 0.102. The second-order valence-corrected chi connectivity index (χ2v) is 6.26. The zero-order valence-electron chi connectivity index (χ0n) is 14.9. The molecule has 5 nitrogen and oxygen atoms in total. The number of hydrogen-bond acceptors (Lipinski definition) is 3. The van der Waals surface area contributed by atoms with Crippen molar-refractivity contribution in [1.29, 1.82) is 0 Å². The van der Waals surface area contributed by atoms with Gasteiger partial charge in [0.1, 0.15) is 5.69 Å². The summed E-state index contributed by atoms with van der Waals surface area (Å²) in [5.41, 5.74) is 4.11. The van der Waals surface area contributed by atoms with Crippen LogP contribution in [0.3, 0.4) is 0 Å². The summed E-state index contributed by atoms with van der Waals surface area (Å²) in [6.07, 6.45) is 4.96. The van der Waals surface area contributed by atoms with E-state index in [2.05, 4.69) is 15.3 Å². The van der Waals surface area contributed by atoms with Crippen molar-refractivity contribution in [2.24, 2.45) is 0 Å². The van der Waals surface area contributed by atoms with Crippen LogP contribution in [-0.4, -0.2) is 15.9 Å². The molecule has 4 aromatic rings. The zero-order chi connectivity index (χ0) is 19.3. The monoisotopic (exact) mass is 367 g/mol. The van der Waals surface area contributed by atoms with Crippen LogP contribution in [0.15, 0.2) is 96.2 Å². The Morgan fingerprint density at radius 1 is 0.786 bits per heavy atom. The lowest BCUT2D eigenvalue weighted by Crippen LogP contribution is -2.19. The van der Waals surface area contributed by atoms with Crippen LogP contribution < -0.4 is 10.9 Å². The molecule has 2 aromatic carbocycles. The Morgan fingerprint density at radius 2 is 1.43 bits per heavy atom. The van der Waals surface area contributed by atoms with Gasteiger partial charge in [0.15, 0.2) is 0 Å². The molecule has 0 aliphatic rings. The topological polar surface area (TPSA) is 74.8 Å². The third-order valence-electron chi connectivity index (χ3n) is 4.42. The maximum absolute atomic E-state index is 12.6. The largest absolute Gasteiger partial charge is 0.327 e. The fraction of sp³-hybridized carbons (Fsp3) is 0. The fourth-order valence-corrected chi connectivity index (χ4v) is 2.93. The Labute approximate surface area is 161 Å². The highest BCUT2D eigenvalue weighted by Crippen LogP contribution is 2.21. The van der Waals surface area contributed by atoms with Crippen molar-refractivity contribution in [3.05, 3.63) is 107 Å². The van der Waals surface area contributed by atoms with E-state index in [0.29, 0.717) is 5.56 Å². The third kappa shape index (κ3) is 3.73. The summed E-state index contributed by atoms with van der Waals surface area (Å²) in [7, 11) is 0. The van der Waals surface area contributed by atoms with Gasteiger partial charge in [-0.3, -0.25) is 14.6 Å². The predicted octanol–water partition coefficient (Wildman–Crippen LogP) is 4.36. The lowest BCUT2D eigenvalue weighted by atomic mass is 10.0. The molecule has 0 fully saturated rings. The van der Waals surface area contributed by atoms with Crippen molar-refractivity contribution < 1.29 is 4.79 Å². The molecular formula is C23H17N3O2. The maximum Gasteiger partial charge on any atom is 0.271 e. The summed E-state index contributed by atoms with van der Waals surface area (Å²) in [4.78, 5) is 31.4. The number of nitrogens with one attached hydrogen (secondary N) is 2. The van der Waals surface area contributed by atoms with Crippen molar-refractivity contribution in [2.75, 3.05) is 5.32 Å². The molecule has 2 aromatic heterocycles. The van der Waals surface area contributed by atoms with E-state index < -0.39 is 0 Å². The number of rotatable bonds is 4. The number of amides is 1. The Bertz CT molecular complexity index is 1150. The number of hydrogen-bond donors (Lipinski definition) is 2. The molecule has 0 bridgehead atoms. The van der Waals surface area contributed by atoms with Gasteiger partial charge in [0.25, 0.3) is 11.5 Å². The standard InChI is InChI=1S/C23H17N3O2/c27-22(19-8-6-17(7-9-19)16-4-2-1-3-5-16)26-21-14-20(15-25-23(21)28)18-10-12-24-13-11-18/h1-15H,(H,25,28)(H,26,27). The number of aromatic amines is 1. The third-order valence-corrected chi connectivity index (χ3v) is 4.42. The SMILES string of the molecule is O=C(Nc1cc(-c2ccncc2)c[nH]c1=O)c1ccc(-c2ccccc2)cc1. The summed E-state index contributed by atoms with van der Waals surface area (Å²) >= 11 is 0. The molecule has 28 heavy (non-hydrogen) atoms. The number of anilines is 1. The van der Waals surface area contributed by atoms with Crippen LogP contribution in [0.25, 0.3) is 22.3 Å². The van der Waals surface area contributed by atoms with E-state index in [1.54, 1.807) is 36.8 Å². The summed E-state index contributed by atoms with van der Waals surface area (Å²) in [6, 6.07) is 22.5. The molecule has 0 radical (unpaired) electrons. The highest BCUT2D eigenvalue weighted by molar-refractivity contribution is 6.04. The lowest BCUT2D eigenvalue weighted by Gasteiger charge is -2.08. The van der Waals surface area contributed by atoms with Gasteiger partial charge in [0, 0.05) is 29.7 Å². The first-order chi connectivity index (χ1) is 13.7. The minimum Gasteiger partial charge on any atom is -0.327 e.